The lowest BCUT2D eigenvalue weighted by Gasteiger charge is -2.12. The maximum atomic E-state index is 13.7. The number of carbonyl (C=O) groups excluding carboxylic acids is 2. The number of primary amides is 1. The quantitative estimate of drug-likeness (QED) is 0.435. The van der Waals surface area contributed by atoms with Gasteiger partial charge in [0.2, 0.25) is 0 Å². The van der Waals surface area contributed by atoms with Crippen molar-refractivity contribution in [1.82, 2.24) is 0 Å². The van der Waals surface area contributed by atoms with E-state index in [4.69, 9.17) is 11.5 Å². The molecule has 3 rings (SSSR count). The number of benzene rings is 2. The summed E-state index contributed by atoms with van der Waals surface area (Å²) in [6, 6.07) is 6.95. The molecule has 0 unspecified atom stereocenters. The van der Waals surface area contributed by atoms with Crippen molar-refractivity contribution in [2.45, 2.75) is 6.18 Å². The van der Waals surface area contributed by atoms with E-state index in [2.05, 4.69) is 5.32 Å². The molecule has 0 aliphatic heterocycles. The predicted octanol–water partition coefficient (Wildman–Crippen LogP) is 4.90. The van der Waals surface area contributed by atoms with Gasteiger partial charge in [-0.25, -0.2) is 9.18 Å². The zero-order valence-corrected chi connectivity index (χ0v) is 15.8. The van der Waals surface area contributed by atoms with E-state index in [0.29, 0.717) is 29.3 Å². The first-order chi connectivity index (χ1) is 14.1. The van der Waals surface area contributed by atoms with Crippen LogP contribution in [0, 0.1) is 5.82 Å². The number of hydrogen-bond donors (Lipinski definition) is 4. The lowest BCUT2D eigenvalue weighted by Crippen LogP contribution is -2.20. The van der Waals surface area contributed by atoms with Crippen LogP contribution in [0.15, 0.2) is 47.8 Å². The Bertz CT molecular complexity index is 1110. The second-order valence-electron chi connectivity index (χ2n) is 6.10. The number of anilines is 3. The van der Waals surface area contributed by atoms with E-state index in [-0.39, 0.29) is 16.3 Å². The summed E-state index contributed by atoms with van der Waals surface area (Å²) in [5.74, 6) is -1.68. The minimum Gasteiger partial charge on any atom is -0.390 e. The van der Waals surface area contributed by atoms with Gasteiger partial charge in [0.05, 0.1) is 21.8 Å². The second-order valence-corrected chi connectivity index (χ2v) is 7.01. The third-order valence-corrected chi connectivity index (χ3v) is 4.87. The molecule has 0 bridgehead atoms. The van der Waals surface area contributed by atoms with Crippen LogP contribution < -0.4 is 22.1 Å². The van der Waals surface area contributed by atoms with Gasteiger partial charge in [0, 0.05) is 16.6 Å². The maximum Gasteiger partial charge on any atom is 0.416 e. The minimum atomic E-state index is -4.68. The molecule has 6 nitrogen and oxygen atoms in total. The molecule has 3 amide bonds. The molecular formula is C19H14F4N4O2S. The van der Waals surface area contributed by atoms with Crippen molar-refractivity contribution in [1.29, 1.82) is 0 Å². The van der Waals surface area contributed by atoms with Gasteiger partial charge in [-0.15, -0.1) is 11.3 Å². The molecule has 2 aromatic carbocycles. The summed E-state index contributed by atoms with van der Waals surface area (Å²) in [5, 5.41) is 6.38. The molecule has 3 aromatic rings. The molecule has 0 aliphatic rings. The van der Waals surface area contributed by atoms with Gasteiger partial charge in [0.1, 0.15) is 5.82 Å². The number of nitrogens with one attached hydrogen (secondary N) is 2. The number of nitrogen functional groups attached to an aromatic ring is 1. The van der Waals surface area contributed by atoms with Gasteiger partial charge in [-0.05, 0) is 35.9 Å². The molecule has 30 heavy (non-hydrogen) atoms. The number of hydrogen-bond acceptors (Lipinski definition) is 4. The van der Waals surface area contributed by atoms with E-state index in [1.54, 1.807) is 17.5 Å². The minimum absolute atomic E-state index is 0.193. The fraction of sp³-hybridized carbons (Fsp3) is 0.0526. The first kappa shape index (κ1) is 21.1. The van der Waals surface area contributed by atoms with Gasteiger partial charge < -0.3 is 22.1 Å². The van der Waals surface area contributed by atoms with E-state index >= 15 is 0 Å². The maximum absolute atomic E-state index is 13.7. The number of rotatable bonds is 4. The molecule has 156 valence electrons. The molecule has 0 spiro atoms. The average Bonchev–Trinajstić information content (AvgIpc) is 3.05. The third-order valence-electron chi connectivity index (χ3n) is 4.06. The zero-order valence-electron chi connectivity index (χ0n) is 15.0. The standard InChI is InChI=1S/C19H14F4N4O2S/c20-13-6-3-10(19(21,22)23)7-14(13)27-18(29)26-11-4-1-9(2-5-11)12-8-30-17(25)15(12)16(24)28/h1-8H,25H2,(H2,24,28)(H2,26,27,29). The zero-order chi connectivity index (χ0) is 22.1. The van der Waals surface area contributed by atoms with Crippen molar-refractivity contribution in [2.24, 2.45) is 5.73 Å². The first-order valence-corrected chi connectivity index (χ1v) is 9.16. The van der Waals surface area contributed by atoms with Crippen molar-refractivity contribution < 1.29 is 27.2 Å². The summed E-state index contributed by atoms with van der Waals surface area (Å²) in [6.07, 6.45) is -4.68. The number of carbonyl (C=O) groups is 2. The van der Waals surface area contributed by atoms with E-state index in [1.807, 2.05) is 5.32 Å². The number of urea groups is 1. The molecule has 0 saturated carbocycles. The fourth-order valence-electron chi connectivity index (χ4n) is 2.65. The number of amides is 3. The Labute approximate surface area is 171 Å². The largest absolute Gasteiger partial charge is 0.416 e. The fourth-order valence-corrected chi connectivity index (χ4v) is 3.48. The first-order valence-electron chi connectivity index (χ1n) is 8.28. The van der Waals surface area contributed by atoms with Crippen LogP contribution in [-0.4, -0.2) is 11.9 Å². The monoisotopic (exact) mass is 438 g/mol. The summed E-state index contributed by atoms with van der Waals surface area (Å²) < 4.78 is 52.0. The molecule has 0 fully saturated rings. The van der Waals surface area contributed by atoms with Crippen molar-refractivity contribution in [3.63, 3.8) is 0 Å². The van der Waals surface area contributed by atoms with Crippen LogP contribution in [0.4, 0.5) is 38.7 Å². The number of nitrogens with two attached hydrogens (primary N) is 2. The summed E-state index contributed by atoms with van der Waals surface area (Å²) in [5.41, 5.74) is 11.0. The van der Waals surface area contributed by atoms with Crippen molar-refractivity contribution >= 4 is 39.7 Å². The molecule has 11 heteroatoms. The summed E-state index contributed by atoms with van der Waals surface area (Å²) in [4.78, 5) is 23.6. The average molecular weight is 438 g/mol. The highest BCUT2D eigenvalue weighted by atomic mass is 32.1. The van der Waals surface area contributed by atoms with Gasteiger partial charge in [0.15, 0.2) is 0 Å². The molecule has 0 saturated heterocycles. The Morgan fingerprint density at radius 2 is 1.67 bits per heavy atom. The number of alkyl halides is 3. The van der Waals surface area contributed by atoms with E-state index in [9.17, 15) is 27.2 Å². The van der Waals surface area contributed by atoms with Crippen LogP contribution in [0.25, 0.3) is 11.1 Å². The third kappa shape index (κ3) is 4.51. The number of thiophene rings is 1. The Hall–Kier alpha value is -3.60. The van der Waals surface area contributed by atoms with E-state index in [0.717, 1.165) is 11.3 Å². The van der Waals surface area contributed by atoms with Crippen LogP contribution in [0.1, 0.15) is 15.9 Å². The number of halogens is 4. The van der Waals surface area contributed by atoms with Crippen LogP contribution in [0.5, 0.6) is 0 Å². The Balaban J connectivity index is 1.74. The second kappa shape index (κ2) is 8.03. The van der Waals surface area contributed by atoms with Gasteiger partial charge in [-0.2, -0.15) is 13.2 Å². The van der Waals surface area contributed by atoms with Gasteiger partial charge in [-0.1, -0.05) is 12.1 Å². The summed E-state index contributed by atoms with van der Waals surface area (Å²) in [6.45, 7) is 0. The Morgan fingerprint density at radius 3 is 2.27 bits per heavy atom. The van der Waals surface area contributed by atoms with Crippen LogP contribution in [-0.2, 0) is 6.18 Å². The summed E-state index contributed by atoms with van der Waals surface area (Å²) >= 11 is 1.16. The molecular weight excluding hydrogens is 424 g/mol. The van der Waals surface area contributed by atoms with E-state index < -0.39 is 35.2 Å². The molecule has 6 N–H and O–H groups in total. The van der Waals surface area contributed by atoms with Crippen LogP contribution >= 0.6 is 11.3 Å². The predicted molar refractivity (Wildman–Crippen MR) is 107 cm³/mol. The molecule has 0 aliphatic carbocycles. The molecule has 0 atom stereocenters. The van der Waals surface area contributed by atoms with Crippen molar-refractivity contribution in [3.05, 3.63) is 64.8 Å². The highest BCUT2D eigenvalue weighted by molar-refractivity contribution is 7.15. The Morgan fingerprint density at radius 1 is 1.00 bits per heavy atom. The van der Waals surface area contributed by atoms with Crippen molar-refractivity contribution in [2.75, 3.05) is 16.4 Å². The SMILES string of the molecule is NC(=O)c1c(-c2ccc(NC(=O)Nc3cc(C(F)(F)F)ccc3F)cc2)csc1N. The lowest BCUT2D eigenvalue weighted by molar-refractivity contribution is -0.137. The summed E-state index contributed by atoms with van der Waals surface area (Å²) in [7, 11) is 0. The highest BCUT2D eigenvalue weighted by Gasteiger charge is 2.31. The van der Waals surface area contributed by atoms with E-state index in [1.165, 1.54) is 12.1 Å². The lowest BCUT2D eigenvalue weighted by atomic mass is 10.0. The molecule has 1 heterocycles. The van der Waals surface area contributed by atoms with Gasteiger partial charge in [0.25, 0.3) is 5.91 Å². The molecule has 0 radical (unpaired) electrons. The highest BCUT2D eigenvalue weighted by Crippen LogP contribution is 2.34. The normalized spacial score (nSPS) is 11.2. The van der Waals surface area contributed by atoms with Gasteiger partial charge >= 0.3 is 12.2 Å². The van der Waals surface area contributed by atoms with Crippen LogP contribution in [0.2, 0.25) is 0 Å². The smallest absolute Gasteiger partial charge is 0.390 e. The van der Waals surface area contributed by atoms with Crippen molar-refractivity contribution in [3.8, 4) is 11.1 Å². The topological polar surface area (TPSA) is 110 Å². The van der Waals surface area contributed by atoms with Gasteiger partial charge in [-0.3, -0.25) is 4.79 Å². The van der Waals surface area contributed by atoms with Crippen LogP contribution in [0.3, 0.4) is 0 Å². The molecule has 1 aromatic heterocycles. The Kier molecular flexibility index (Phi) is 5.65.